The molecule has 0 aliphatic carbocycles. The van der Waals surface area contributed by atoms with Crippen molar-refractivity contribution >= 4 is 34.4 Å². The normalized spacial score (nSPS) is 13.9. The Morgan fingerprint density at radius 1 is 0.971 bits per heavy atom. The molecule has 0 bridgehead atoms. The lowest BCUT2D eigenvalue weighted by molar-refractivity contribution is -0.114. The number of hydrogen-bond acceptors (Lipinski definition) is 7. The molecule has 2 aromatic carbocycles. The van der Waals surface area contributed by atoms with E-state index in [0.717, 1.165) is 0 Å². The SMILES string of the molecule is O=C(CNc1nc(N2CCOCC2)cc(-n2c(C(F)F)nc3ccccc32)n1)Nc1ccccc1. The molecule has 11 heteroatoms. The molecule has 1 aliphatic heterocycles. The Labute approximate surface area is 199 Å². The average Bonchev–Trinajstić information content (AvgIpc) is 3.29. The number of halogens is 2. The van der Waals surface area contributed by atoms with Crippen molar-refractivity contribution in [3.05, 3.63) is 66.5 Å². The molecule has 0 unspecified atom stereocenters. The smallest absolute Gasteiger partial charge is 0.296 e. The van der Waals surface area contributed by atoms with Crippen molar-refractivity contribution in [2.75, 3.05) is 48.4 Å². The predicted octanol–water partition coefficient (Wildman–Crippen LogP) is 3.64. The number of morpholine rings is 1. The van der Waals surface area contributed by atoms with Gasteiger partial charge in [0.1, 0.15) is 11.6 Å². The monoisotopic (exact) mass is 479 g/mol. The number of hydrogen-bond donors (Lipinski definition) is 2. The van der Waals surface area contributed by atoms with Crippen molar-refractivity contribution in [1.29, 1.82) is 0 Å². The summed E-state index contributed by atoms with van der Waals surface area (Å²) in [5, 5.41) is 5.71. The molecule has 2 N–H and O–H groups in total. The van der Waals surface area contributed by atoms with E-state index in [0.29, 0.717) is 48.8 Å². The zero-order chi connectivity index (χ0) is 24.2. The van der Waals surface area contributed by atoms with Gasteiger partial charge in [0.05, 0.1) is 30.8 Å². The highest BCUT2D eigenvalue weighted by atomic mass is 19.3. The summed E-state index contributed by atoms with van der Waals surface area (Å²) in [5.74, 6) is 0.217. The van der Waals surface area contributed by atoms with Crippen molar-refractivity contribution in [2.24, 2.45) is 0 Å². The summed E-state index contributed by atoms with van der Waals surface area (Å²) in [4.78, 5) is 27.6. The van der Waals surface area contributed by atoms with Crippen molar-refractivity contribution in [3.63, 3.8) is 0 Å². The number of ether oxygens (including phenoxy) is 1. The van der Waals surface area contributed by atoms with E-state index in [1.54, 1.807) is 42.5 Å². The lowest BCUT2D eigenvalue weighted by atomic mass is 10.3. The molecule has 3 heterocycles. The molecular weight excluding hydrogens is 456 g/mol. The number of amides is 1. The number of nitrogens with zero attached hydrogens (tertiary/aromatic N) is 5. The van der Waals surface area contributed by atoms with E-state index in [-0.39, 0.29) is 24.2 Å². The van der Waals surface area contributed by atoms with Crippen molar-refractivity contribution < 1.29 is 18.3 Å². The lowest BCUT2D eigenvalue weighted by Gasteiger charge is -2.28. The standard InChI is InChI=1S/C24H23F2N7O2/c25-22(26)23-29-17-8-4-5-9-18(17)33(23)20-14-19(32-10-12-35-13-11-32)30-24(31-20)27-15-21(34)28-16-6-2-1-3-7-16/h1-9,14,22H,10-13,15H2,(H,28,34)(H,27,30,31). The maximum absolute atomic E-state index is 13.9. The molecule has 5 rings (SSSR count). The summed E-state index contributed by atoms with van der Waals surface area (Å²) in [5.41, 5.74) is 1.60. The Hall–Kier alpha value is -4.12. The minimum absolute atomic E-state index is 0.104. The van der Waals surface area contributed by atoms with Crippen LogP contribution in [-0.4, -0.2) is 58.3 Å². The molecule has 1 fully saturated rings. The van der Waals surface area contributed by atoms with Gasteiger partial charge in [0.25, 0.3) is 6.43 Å². The highest BCUT2D eigenvalue weighted by Crippen LogP contribution is 2.29. The van der Waals surface area contributed by atoms with Gasteiger partial charge >= 0.3 is 0 Å². The first-order valence-electron chi connectivity index (χ1n) is 11.1. The molecule has 4 aromatic rings. The van der Waals surface area contributed by atoms with Gasteiger partial charge in [-0.2, -0.15) is 9.97 Å². The minimum atomic E-state index is -2.81. The van der Waals surface area contributed by atoms with Crippen molar-refractivity contribution in [2.45, 2.75) is 6.43 Å². The first-order valence-corrected chi connectivity index (χ1v) is 11.1. The van der Waals surface area contributed by atoms with Gasteiger partial charge in [-0.25, -0.2) is 13.8 Å². The Kier molecular flexibility index (Phi) is 6.49. The molecule has 1 saturated heterocycles. The van der Waals surface area contributed by atoms with Crippen molar-refractivity contribution in [3.8, 4) is 5.82 Å². The van der Waals surface area contributed by atoms with Crippen LogP contribution < -0.4 is 15.5 Å². The quantitative estimate of drug-likeness (QED) is 0.418. The van der Waals surface area contributed by atoms with Crippen LogP contribution in [0.4, 0.5) is 26.2 Å². The minimum Gasteiger partial charge on any atom is -0.378 e. The molecule has 9 nitrogen and oxygen atoms in total. The van der Waals surface area contributed by atoms with Gasteiger partial charge in [0, 0.05) is 24.8 Å². The zero-order valence-electron chi connectivity index (χ0n) is 18.7. The Morgan fingerprint density at radius 2 is 1.69 bits per heavy atom. The van der Waals surface area contributed by atoms with Crippen LogP contribution in [0, 0.1) is 0 Å². The molecule has 0 radical (unpaired) electrons. The Bertz CT molecular complexity index is 1320. The van der Waals surface area contributed by atoms with Gasteiger partial charge in [-0.05, 0) is 24.3 Å². The molecular formula is C24H23F2N7O2. The van der Waals surface area contributed by atoms with Gasteiger partial charge in [-0.3, -0.25) is 9.36 Å². The average molecular weight is 479 g/mol. The predicted molar refractivity (Wildman–Crippen MR) is 128 cm³/mol. The number of para-hydroxylation sites is 3. The third-order valence-corrected chi connectivity index (χ3v) is 5.51. The zero-order valence-corrected chi connectivity index (χ0v) is 18.7. The summed E-state index contributed by atoms with van der Waals surface area (Å²) in [6.07, 6.45) is -2.81. The fraction of sp³-hybridized carbons (Fsp3) is 0.250. The lowest BCUT2D eigenvalue weighted by Crippen LogP contribution is -2.37. The van der Waals surface area contributed by atoms with Crippen LogP contribution >= 0.6 is 0 Å². The molecule has 1 aliphatic rings. The Morgan fingerprint density at radius 3 is 2.46 bits per heavy atom. The fourth-order valence-corrected chi connectivity index (χ4v) is 3.89. The number of carbonyl (C=O) groups is 1. The number of rotatable bonds is 7. The van der Waals surface area contributed by atoms with E-state index >= 15 is 0 Å². The van der Waals surface area contributed by atoms with E-state index in [2.05, 4.69) is 25.6 Å². The van der Waals surface area contributed by atoms with Crippen LogP contribution in [0.5, 0.6) is 0 Å². The molecule has 180 valence electrons. The summed E-state index contributed by atoms with van der Waals surface area (Å²) in [7, 11) is 0. The van der Waals surface area contributed by atoms with E-state index in [1.165, 1.54) is 4.57 Å². The summed E-state index contributed by atoms with van der Waals surface area (Å²) in [6.45, 7) is 2.14. The molecule has 0 atom stereocenters. The number of nitrogens with one attached hydrogen (secondary N) is 2. The first-order chi connectivity index (χ1) is 17.1. The largest absolute Gasteiger partial charge is 0.378 e. The van der Waals surface area contributed by atoms with Crippen LogP contribution in [0.2, 0.25) is 0 Å². The van der Waals surface area contributed by atoms with E-state index < -0.39 is 12.2 Å². The van der Waals surface area contributed by atoms with Crippen LogP contribution in [0.3, 0.4) is 0 Å². The number of anilines is 3. The molecule has 1 amide bonds. The number of fused-ring (bicyclic) bond motifs is 1. The van der Waals surface area contributed by atoms with Crippen LogP contribution in [-0.2, 0) is 9.53 Å². The second-order valence-corrected chi connectivity index (χ2v) is 7.87. The number of aromatic nitrogens is 4. The van der Waals surface area contributed by atoms with Gasteiger partial charge in [0.15, 0.2) is 5.82 Å². The van der Waals surface area contributed by atoms with E-state index in [9.17, 15) is 13.6 Å². The topological polar surface area (TPSA) is 97.2 Å². The molecule has 0 saturated carbocycles. The van der Waals surface area contributed by atoms with Gasteiger partial charge in [-0.15, -0.1) is 0 Å². The summed E-state index contributed by atoms with van der Waals surface area (Å²) < 4.78 is 34.7. The Balaban J connectivity index is 1.49. The molecule has 0 spiro atoms. The summed E-state index contributed by atoms with van der Waals surface area (Å²) in [6, 6.07) is 17.6. The number of imidazole rings is 1. The van der Waals surface area contributed by atoms with E-state index in [4.69, 9.17) is 4.74 Å². The van der Waals surface area contributed by atoms with Crippen molar-refractivity contribution in [1.82, 2.24) is 19.5 Å². The van der Waals surface area contributed by atoms with Crippen LogP contribution in [0.15, 0.2) is 60.7 Å². The second-order valence-electron chi connectivity index (χ2n) is 7.87. The second kappa shape index (κ2) is 10.0. The van der Waals surface area contributed by atoms with Crippen LogP contribution in [0.25, 0.3) is 16.9 Å². The summed E-state index contributed by atoms with van der Waals surface area (Å²) >= 11 is 0. The maximum Gasteiger partial charge on any atom is 0.296 e. The van der Waals surface area contributed by atoms with Gasteiger partial charge < -0.3 is 20.3 Å². The van der Waals surface area contributed by atoms with Gasteiger partial charge in [-0.1, -0.05) is 30.3 Å². The molecule has 35 heavy (non-hydrogen) atoms. The van der Waals surface area contributed by atoms with E-state index in [1.807, 2.05) is 23.1 Å². The highest BCUT2D eigenvalue weighted by Gasteiger charge is 2.23. The van der Waals surface area contributed by atoms with Crippen LogP contribution in [0.1, 0.15) is 12.2 Å². The third-order valence-electron chi connectivity index (χ3n) is 5.51. The number of benzene rings is 2. The number of carbonyl (C=O) groups excluding carboxylic acids is 1. The highest BCUT2D eigenvalue weighted by molar-refractivity contribution is 5.93. The first kappa shape index (κ1) is 22.7. The number of alkyl halides is 2. The van der Waals surface area contributed by atoms with Gasteiger partial charge in [0.2, 0.25) is 11.9 Å². The fourth-order valence-electron chi connectivity index (χ4n) is 3.89. The third kappa shape index (κ3) is 5.04. The molecule has 2 aromatic heterocycles. The maximum atomic E-state index is 13.9.